The number of rotatable bonds is 2. The van der Waals surface area contributed by atoms with Crippen molar-refractivity contribution in [3.05, 3.63) is 69.2 Å². The molecule has 0 aliphatic carbocycles. The minimum Gasteiger partial charge on any atom is -0.290 e. The Morgan fingerprint density at radius 3 is 2.94 bits per heavy atom. The van der Waals surface area contributed by atoms with Crippen LogP contribution in [0.5, 0.6) is 0 Å². The first kappa shape index (κ1) is 11.0. The lowest BCUT2D eigenvalue weighted by atomic mass is 10.1. The zero-order chi connectivity index (χ0) is 12.5. The third-order valence-electron chi connectivity index (χ3n) is 2.81. The molecule has 0 aliphatic rings. The van der Waals surface area contributed by atoms with E-state index in [2.05, 4.69) is 10.2 Å². The molecule has 2 heterocycles. The lowest BCUT2D eigenvalue weighted by Gasteiger charge is -2.02. The fourth-order valence-electron chi connectivity index (χ4n) is 1.90. The number of hydrogen-bond acceptors (Lipinski definition) is 2. The number of nitrogens with zero attached hydrogens (tertiary/aromatic N) is 2. The number of benzene rings is 1. The Labute approximate surface area is 108 Å². The number of halogens is 1. The van der Waals surface area contributed by atoms with Crippen molar-refractivity contribution in [2.75, 3.05) is 0 Å². The predicted octanol–water partition coefficient (Wildman–Crippen LogP) is 2.27. The third kappa shape index (κ3) is 1.91. The molecule has 1 N–H and O–H groups in total. The second kappa shape index (κ2) is 4.31. The molecule has 0 aliphatic heterocycles. The quantitative estimate of drug-likeness (QED) is 0.768. The maximum Gasteiger partial charge on any atom is 0.183 e. The van der Waals surface area contributed by atoms with Gasteiger partial charge in [0.25, 0.3) is 0 Å². The van der Waals surface area contributed by atoms with E-state index in [1.165, 1.54) is 12.1 Å². The van der Waals surface area contributed by atoms with Crippen molar-refractivity contribution in [3.63, 3.8) is 0 Å². The van der Waals surface area contributed by atoms with Crippen molar-refractivity contribution < 1.29 is 0 Å². The Morgan fingerprint density at radius 2 is 2.11 bits per heavy atom. The molecule has 3 aromatic rings. The number of hydrogen-bond donors (Lipinski definition) is 1. The van der Waals surface area contributed by atoms with Crippen molar-refractivity contribution in [1.82, 2.24) is 14.6 Å². The van der Waals surface area contributed by atoms with Gasteiger partial charge in [-0.25, -0.2) is 0 Å². The van der Waals surface area contributed by atoms with Gasteiger partial charge in [-0.05, 0) is 11.6 Å². The first-order valence-electron chi connectivity index (χ1n) is 5.53. The summed E-state index contributed by atoms with van der Waals surface area (Å²) in [4.78, 5) is 11.2. The molecular weight excluding hydrogens is 250 g/mol. The van der Waals surface area contributed by atoms with Gasteiger partial charge in [-0.15, -0.1) is 0 Å². The zero-order valence-corrected chi connectivity index (χ0v) is 10.2. The van der Waals surface area contributed by atoms with E-state index >= 15 is 0 Å². The number of aromatic amines is 1. The second-order valence-electron chi connectivity index (χ2n) is 4.03. The molecule has 0 fully saturated rings. The van der Waals surface area contributed by atoms with Crippen molar-refractivity contribution in [3.8, 4) is 0 Å². The fourth-order valence-corrected chi connectivity index (χ4v) is 2.11. The molecule has 18 heavy (non-hydrogen) atoms. The highest BCUT2D eigenvalue weighted by Crippen LogP contribution is 2.18. The number of pyridine rings is 1. The lowest BCUT2D eigenvalue weighted by Crippen LogP contribution is -2.01. The summed E-state index contributed by atoms with van der Waals surface area (Å²) in [5, 5.41) is 7.77. The molecule has 1 aromatic carbocycles. The highest BCUT2D eigenvalue weighted by molar-refractivity contribution is 6.31. The van der Waals surface area contributed by atoms with E-state index in [0.717, 1.165) is 16.4 Å². The van der Waals surface area contributed by atoms with Crippen LogP contribution in [-0.2, 0) is 6.42 Å². The van der Waals surface area contributed by atoms with Crippen LogP contribution in [0.4, 0.5) is 0 Å². The number of H-pyrrole nitrogens is 1. The molecule has 0 bridgehead atoms. The number of fused-ring (bicyclic) bond motifs is 1. The van der Waals surface area contributed by atoms with Crippen LogP contribution in [0.2, 0.25) is 5.02 Å². The summed E-state index contributed by atoms with van der Waals surface area (Å²) in [6, 6.07) is 10.7. The van der Waals surface area contributed by atoms with Gasteiger partial charge >= 0.3 is 0 Å². The van der Waals surface area contributed by atoms with Gasteiger partial charge in [0.2, 0.25) is 0 Å². The van der Waals surface area contributed by atoms with Gasteiger partial charge in [-0.1, -0.05) is 29.8 Å². The van der Waals surface area contributed by atoms with E-state index < -0.39 is 0 Å². The Bertz CT molecular complexity index is 760. The fraction of sp³-hybridized carbons (Fsp3) is 0.0769. The molecule has 0 radical (unpaired) electrons. The Hall–Kier alpha value is -2.07. The minimum absolute atomic E-state index is 0.0389. The largest absolute Gasteiger partial charge is 0.290 e. The molecule has 0 saturated heterocycles. The van der Waals surface area contributed by atoms with Crippen molar-refractivity contribution in [2.45, 2.75) is 6.42 Å². The maximum absolute atomic E-state index is 11.2. The SMILES string of the molecule is O=c1ccn2c(Cc3ccccc3Cl)n[nH]c2c1. The first-order valence-corrected chi connectivity index (χ1v) is 5.91. The molecule has 4 nitrogen and oxygen atoms in total. The topological polar surface area (TPSA) is 50.2 Å². The van der Waals surface area contributed by atoms with Crippen LogP contribution < -0.4 is 5.43 Å². The van der Waals surface area contributed by atoms with Gasteiger partial charge in [0.1, 0.15) is 11.5 Å². The van der Waals surface area contributed by atoms with Gasteiger partial charge < -0.3 is 0 Å². The highest BCUT2D eigenvalue weighted by Gasteiger charge is 2.07. The van der Waals surface area contributed by atoms with E-state index in [0.29, 0.717) is 12.1 Å². The first-order chi connectivity index (χ1) is 8.74. The second-order valence-corrected chi connectivity index (χ2v) is 4.43. The molecular formula is C13H10ClN3O. The summed E-state index contributed by atoms with van der Waals surface area (Å²) in [5.41, 5.74) is 1.65. The monoisotopic (exact) mass is 259 g/mol. The van der Waals surface area contributed by atoms with Crippen LogP contribution in [-0.4, -0.2) is 14.6 Å². The molecule has 0 amide bonds. The maximum atomic E-state index is 11.2. The van der Waals surface area contributed by atoms with Crippen molar-refractivity contribution >= 4 is 17.2 Å². The summed E-state index contributed by atoms with van der Waals surface area (Å²) in [6.07, 6.45) is 2.33. The average Bonchev–Trinajstić information content (AvgIpc) is 2.74. The van der Waals surface area contributed by atoms with E-state index in [9.17, 15) is 4.79 Å². The highest BCUT2D eigenvalue weighted by atomic mass is 35.5. The summed E-state index contributed by atoms with van der Waals surface area (Å²) >= 11 is 6.12. The number of aromatic nitrogens is 3. The lowest BCUT2D eigenvalue weighted by molar-refractivity contribution is 0.934. The zero-order valence-electron chi connectivity index (χ0n) is 9.43. The van der Waals surface area contributed by atoms with Gasteiger partial charge in [0.15, 0.2) is 5.43 Å². The summed E-state index contributed by atoms with van der Waals surface area (Å²) in [6.45, 7) is 0. The molecule has 5 heteroatoms. The van der Waals surface area contributed by atoms with Crippen molar-refractivity contribution in [1.29, 1.82) is 0 Å². The minimum atomic E-state index is -0.0389. The van der Waals surface area contributed by atoms with E-state index in [1.807, 2.05) is 28.7 Å². The predicted molar refractivity (Wildman–Crippen MR) is 70.1 cm³/mol. The van der Waals surface area contributed by atoms with Gasteiger partial charge in [0, 0.05) is 29.8 Å². The summed E-state index contributed by atoms with van der Waals surface area (Å²) in [5.74, 6) is 0.818. The summed E-state index contributed by atoms with van der Waals surface area (Å²) in [7, 11) is 0. The van der Waals surface area contributed by atoms with Crippen LogP contribution in [0.25, 0.3) is 5.65 Å². The van der Waals surface area contributed by atoms with Crippen LogP contribution in [0.15, 0.2) is 47.4 Å². The van der Waals surface area contributed by atoms with Crippen LogP contribution in [0.3, 0.4) is 0 Å². The Kier molecular flexibility index (Phi) is 2.64. The van der Waals surface area contributed by atoms with E-state index in [4.69, 9.17) is 11.6 Å². The van der Waals surface area contributed by atoms with E-state index in [1.54, 1.807) is 6.20 Å². The normalized spacial score (nSPS) is 10.9. The molecule has 0 atom stereocenters. The van der Waals surface area contributed by atoms with Gasteiger partial charge in [-0.3, -0.25) is 14.3 Å². The molecule has 2 aromatic heterocycles. The summed E-state index contributed by atoms with van der Waals surface area (Å²) < 4.78 is 1.85. The van der Waals surface area contributed by atoms with Gasteiger partial charge in [0.05, 0.1) is 0 Å². The van der Waals surface area contributed by atoms with Crippen LogP contribution in [0.1, 0.15) is 11.4 Å². The van der Waals surface area contributed by atoms with Gasteiger partial charge in [-0.2, -0.15) is 5.10 Å². The third-order valence-corrected chi connectivity index (χ3v) is 3.18. The Morgan fingerprint density at radius 1 is 1.28 bits per heavy atom. The number of nitrogens with one attached hydrogen (secondary N) is 1. The molecule has 0 saturated carbocycles. The van der Waals surface area contributed by atoms with Crippen molar-refractivity contribution in [2.24, 2.45) is 0 Å². The molecule has 3 rings (SSSR count). The average molecular weight is 260 g/mol. The molecule has 0 spiro atoms. The molecule has 0 unspecified atom stereocenters. The van der Waals surface area contributed by atoms with Crippen LogP contribution >= 0.6 is 11.6 Å². The Balaban J connectivity index is 2.06. The smallest absolute Gasteiger partial charge is 0.183 e. The standard InChI is InChI=1S/C13H10ClN3O/c14-11-4-2-1-3-9(11)7-12-15-16-13-8-10(18)5-6-17(12)13/h1-6,8,16H,7H2. The van der Waals surface area contributed by atoms with E-state index in [-0.39, 0.29) is 5.43 Å². The van der Waals surface area contributed by atoms with Crippen LogP contribution in [0, 0.1) is 0 Å². The molecule has 90 valence electrons.